The normalized spacial score (nSPS) is 12.3. The highest BCUT2D eigenvalue weighted by molar-refractivity contribution is 6.36. The third kappa shape index (κ3) is 4.69. The number of ether oxygens (including phenoxy) is 1. The molecule has 0 spiro atoms. The van der Waals surface area contributed by atoms with Crippen molar-refractivity contribution in [2.45, 2.75) is 19.1 Å². The highest BCUT2D eigenvalue weighted by Crippen LogP contribution is 2.33. The lowest BCUT2D eigenvalue weighted by molar-refractivity contribution is 0.0389. The average Bonchev–Trinajstić information content (AvgIpc) is 3.06. The van der Waals surface area contributed by atoms with Crippen molar-refractivity contribution in [3.05, 3.63) is 85.8 Å². The first kappa shape index (κ1) is 18.6. The quantitative estimate of drug-likeness (QED) is 0.497. The molecule has 3 aromatic rings. The summed E-state index contributed by atoms with van der Waals surface area (Å²) in [5.74, 6) is 0.793. The van der Waals surface area contributed by atoms with Gasteiger partial charge < -0.3 is 9.72 Å². The van der Waals surface area contributed by atoms with E-state index < -0.39 is 0 Å². The van der Waals surface area contributed by atoms with E-state index in [9.17, 15) is 0 Å². The Balaban J connectivity index is 1.86. The van der Waals surface area contributed by atoms with Crippen molar-refractivity contribution in [1.82, 2.24) is 9.97 Å². The number of nitrogens with one attached hydrogen (secondary N) is 1. The Morgan fingerprint density at radius 1 is 1.00 bits per heavy atom. The number of hydrogen-bond donors (Lipinski definition) is 1. The van der Waals surface area contributed by atoms with E-state index in [2.05, 4.69) is 9.97 Å². The van der Waals surface area contributed by atoms with Gasteiger partial charge in [0.15, 0.2) is 0 Å². The monoisotopic (exact) mass is 414 g/mol. The molecule has 25 heavy (non-hydrogen) atoms. The molecule has 0 bridgehead atoms. The highest BCUT2D eigenvalue weighted by Gasteiger charge is 2.19. The molecule has 1 N–H and O–H groups in total. The number of benzene rings is 2. The number of aromatic amines is 1. The second kappa shape index (κ2) is 8.43. The van der Waals surface area contributed by atoms with Gasteiger partial charge in [0.2, 0.25) is 0 Å². The van der Waals surface area contributed by atoms with Crippen LogP contribution in [0.15, 0.2) is 48.8 Å². The van der Waals surface area contributed by atoms with Crippen LogP contribution in [0.2, 0.25) is 20.1 Å². The molecule has 7 heteroatoms. The first-order valence-electron chi connectivity index (χ1n) is 7.52. The molecule has 0 aliphatic rings. The lowest BCUT2D eigenvalue weighted by Crippen LogP contribution is -2.10. The molecular formula is C18H14Cl4N2O. The maximum Gasteiger partial charge on any atom is 0.108 e. The molecule has 0 aliphatic heterocycles. The third-order valence-electron chi connectivity index (χ3n) is 3.73. The number of rotatable bonds is 6. The SMILES string of the molecule is Clc1ccc(C(Cc2ncc[nH]2)OCc2c(Cl)cccc2Cl)c(Cl)c1. The molecule has 1 aromatic heterocycles. The van der Waals surface area contributed by atoms with Crippen molar-refractivity contribution in [3.8, 4) is 0 Å². The maximum absolute atomic E-state index is 6.36. The topological polar surface area (TPSA) is 37.9 Å². The van der Waals surface area contributed by atoms with Crippen LogP contribution in [0.4, 0.5) is 0 Å². The van der Waals surface area contributed by atoms with Gasteiger partial charge in [-0.15, -0.1) is 0 Å². The smallest absolute Gasteiger partial charge is 0.108 e. The first-order chi connectivity index (χ1) is 12.0. The zero-order valence-corrected chi connectivity index (χ0v) is 16.0. The van der Waals surface area contributed by atoms with Crippen molar-refractivity contribution in [2.24, 2.45) is 0 Å². The molecule has 1 unspecified atom stereocenters. The summed E-state index contributed by atoms with van der Waals surface area (Å²) in [5.41, 5.74) is 1.56. The van der Waals surface area contributed by atoms with Crippen LogP contribution < -0.4 is 0 Å². The molecule has 0 fully saturated rings. The zero-order chi connectivity index (χ0) is 17.8. The number of aromatic nitrogens is 2. The van der Waals surface area contributed by atoms with Gasteiger partial charge in [0.25, 0.3) is 0 Å². The molecule has 0 amide bonds. The van der Waals surface area contributed by atoms with Crippen LogP contribution in [0, 0.1) is 0 Å². The Bertz CT molecular complexity index is 832. The van der Waals surface area contributed by atoms with Crippen molar-refractivity contribution in [2.75, 3.05) is 0 Å². The lowest BCUT2D eigenvalue weighted by Gasteiger charge is -2.20. The fraction of sp³-hybridized carbons (Fsp3) is 0.167. The van der Waals surface area contributed by atoms with Crippen molar-refractivity contribution in [1.29, 1.82) is 0 Å². The Morgan fingerprint density at radius 2 is 1.76 bits per heavy atom. The van der Waals surface area contributed by atoms with E-state index in [4.69, 9.17) is 51.1 Å². The van der Waals surface area contributed by atoms with Crippen molar-refractivity contribution >= 4 is 46.4 Å². The van der Waals surface area contributed by atoms with Gasteiger partial charge in [-0.3, -0.25) is 0 Å². The van der Waals surface area contributed by atoms with Gasteiger partial charge in [0.05, 0.1) is 12.7 Å². The summed E-state index contributed by atoms with van der Waals surface area (Å²) in [6, 6.07) is 10.7. The van der Waals surface area contributed by atoms with Crippen LogP contribution in [-0.4, -0.2) is 9.97 Å². The second-order valence-electron chi connectivity index (χ2n) is 5.41. The van der Waals surface area contributed by atoms with E-state index in [-0.39, 0.29) is 12.7 Å². The van der Waals surface area contributed by atoms with Gasteiger partial charge in [-0.25, -0.2) is 4.98 Å². The van der Waals surface area contributed by atoms with Gasteiger partial charge in [0, 0.05) is 44.5 Å². The summed E-state index contributed by atoms with van der Waals surface area (Å²) < 4.78 is 6.11. The maximum atomic E-state index is 6.36. The van der Waals surface area contributed by atoms with E-state index in [0.29, 0.717) is 26.5 Å². The standard InChI is InChI=1S/C18H14Cl4N2O/c19-11-4-5-12(16(22)8-11)17(9-18-23-6-7-24-18)25-10-13-14(20)2-1-3-15(13)21/h1-8,17H,9-10H2,(H,23,24). The minimum Gasteiger partial charge on any atom is -0.368 e. The minimum atomic E-state index is -0.330. The molecule has 0 radical (unpaired) electrons. The van der Waals surface area contributed by atoms with E-state index >= 15 is 0 Å². The first-order valence-corrected chi connectivity index (χ1v) is 9.03. The number of halogens is 4. The summed E-state index contributed by atoms with van der Waals surface area (Å²) in [6.07, 6.45) is 3.65. The predicted molar refractivity (Wildman–Crippen MR) is 103 cm³/mol. The van der Waals surface area contributed by atoms with Crippen LogP contribution in [0.3, 0.4) is 0 Å². The number of nitrogens with zero attached hydrogens (tertiary/aromatic N) is 1. The van der Waals surface area contributed by atoms with Crippen LogP contribution in [0.5, 0.6) is 0 Å². The van der Waals surface area contributed by atoms with E-state index in [0.717, 1.165) is 17.0 Å². The summed E-state index contributed by atoms with van der Waals surface area (Å²) in [7, 11) is 0. The van der Waals surface area contributed by atoms with E-state index in [1.54, 1.807) is 42.7 Å². The summed E-state index contributed by atoms with van der Waals surface area (Å²) in [4.78, 5) is 7.34. The second-order valence-corrected chi connectivity index (χ2v) is 7.06. The molecule has 0 saturated carbocycles. The molecule has 3 rings (SSSR count). The zero-order valence-electron chi connectivity index (χ0n) is 13.0. The van der Waals surface area contributed by atoms with Gasteiger partial charge in [0.1, 0.15) is 5.82 Å². The molecule has 1 atom stereocenters. The fourth-order valence-electron chi connectivity index (χ4n) is 2.46. The highest BCUT2D eigenvalue weighted by atomic mass is 35.5. The molecular weight excluding hydrogens is 402 g/mol. The van der Waals surface area contributed by atoms with Gasteiger partial charge in [-0.2, -0.15) is 0 Å². The fourth-order valence-corrected chi connectivity index (χ4v) is 3.50. The van der Waals surface area contributed by atoms with E-state index in [1.165, 1.54) is 0 Å². The van der Waals surface area contributed by atoms with Crippen molar-refractivity contribution in [3.63, 3.8) is 0 Å². The molecule has 1 heterocycles. The van der Waals surface area contributed by atoms with Gasteiger partial charge in [-0.05, 0) is 29.8 Å². The largest absolute Gasteiger partial charge is 0.368 e. The van der Waals surface area contributed by atoms with Crippen LogP contribution >= 0.6 is 46.4 Å². The number of imidazole rings is 1. The van der Waals surface area contributed by atoms with Crippen LogP contribution in [0.1, 0.15) is 23.1 Å². The summed E-state index contributed by atoms with van der Waals surface area (Å²) >= 11 is 24.8. The van der Waals surface area contributed by atoms with Gasteiger partial charge >= 0.3 is 0 Å². The van der Waals surface area contributed by atoms with Crippen molar-refractivity contribution < 1.29 is 4.74 Å². The van der Waals surface area contributed by atoms with Crippen LogP contribution in [0.25, 0.3) is 0 Å². The molecule has 2 aromatic carbocycles. The number of hydrogen-bond acceptors (Lipinski definition) is 2. The average molecular weight is 416 g/mol. The Kier molecular flexibility index (Phi) is 6.26. The van der Waals surface area contributed by atoms with E-state index in [1.807, 2.05) is 6.07 Å². The molecule has 3 nitrogen and oxygen atoms in total. The molecule has 0 saturated heterocycles. The minimum absolute atomic E-state index is 0.253. The number of H-pyrrole nitrogens is 1. The Labute approximate surface area is 165 Å². The predicted octanol–water partition coefficient (Wildman–Crippen LogP) is 6.52. The molecule has 0 aliphatic carbocycles. The summed E-state index contributed by atoms with van der Waals surface area (Å²) in [6.45, 7) is 0.253. The Morgan fingerprint density at radius 3 is 2.40 bits per heavy atom. The third-order valence-corrected chi connectivity index (χ3v) is 5.00. The molecule has 130 valence electrons. The van der Waals surface area contributed by atoms with Crippen LogP contribution in [-0.2, 0) is 17.8 Å². The summed E-state index contributed by atoms with van der Waals surface area (Å²) in [5, 5.41) is 2.23. The Hall–Kier alpha value is -1.23. The van der Waals surface area contributed by atoms with Gasteiger partial charge in [-0.1, -0.05) is 58.5 Å². The lowest BCUT2D eigenvalue weighted by atomic mass is 10.1.